The quantitative estimate of drug-likeness (QED) is 0.169. The third kappa shape index (κ3) is 5.94. The Hall–Kier alpha value is -8.28. The van der Waals surface area contributed by atoms with Crippen LogP contribution in [0.3, 0.4) is 0 Å². The summed E-state index contributed by atoms with van der Waals surface area (Å²) in [5, 5.41) is 4.68. The Kier molecular flexibility index (Phi) is 8.10. The molecule has 5 heteroatoms. The van der Waals surface area contributed by atoms with Gasteiger partial charge in [-0.3, -0.25) is 4.57 Å². The van der Waals surface area contributed by atoms with Crippen LogP contribution in [0.5, 0.6) is 11.5 Å². The number of para-hydroxylation sites is 3. The molecule has 12 rings (SSSR count). The SMILES string of the molecule is c1ccc(-c2ccc(-c3cc(-c4ccccc4)nc(-n4c5cc(-c6ccc7c(c6)Oc6ccccc6N7c6ccccc6)ccc5c5c6ccccc6ccc54)n3)cc2)cc1. The van der Waals surface area contributed by atoms with Gasteiger partial charge in [0.1, 0.15) is 0 Å². The first-order valence-electron chi connectivity index (χ1n) is 20.6. The van der Waals surface area contributed by atoms with Crippen LogP contribution in [0.15, 0.2) is 218 Å². The summed E-state index contributed by atoms with van der Waals surface area (Å²) in [5.74, 6) is 2.23. The Morgan fingerprint density at radius 1 is 0.361 bits per heavy atom. The Bertz CT molecular complexity index is 3430. The molecule has 0 bridgehead atoms. The van der Waals surface area contributed by atoms with Gasteiger partial charge in [-0.1, -0.05) is 164 Å². The number of hydrogen-bond acceptors (Lipinski definition) is 4. The maximum Gasteiger partial charge on any atom is 0.235 e. The summed E-state index contributed by atoms with van der Waals surface area (Å²) < 4.78 is 8.89. The van der Waals surface area contributed by atoms with Gasteiger partial charge < -0.3 is 9.64 Å². The zero-order chi connectivity index (χ0) is 40.3. The van der Waals surface area contributed by atoms with Crippen molar-refractivity contribution in [1.29, 1.82) is 0 Å². The van der Waals surface area contributed by atoms with Crippen molar-refractivity contribution in [2.75, 3.05) is 4.90 Å². The van der Waals surface area contributed by atoms with E-state index in [4.69, 9.17) is 14.7 Å². The average Bonchev–Trinajstić information content (AvgIpc) is 3.68. The van der Waals surface area contributed by atoms with Crippen molar-refractivity contribution in [3.63, 3.8) is 0 Å². The number of ether oxygens (including phenoxy) is 1. The highest BCUT2D eigenvalue weighted by Gasteiger charge is 2.26. The van der Waals surface area contributed by atoms with Crippen molar-refractivity contribution in [2.24, 2.45) is 0 Å². The molecule has 0 saturated carbocycles. The Morgan fingerprint density at radius 3 is 1.72 bits per heavy atom. The third-order valence-electron chi connectivity index (χ3n) is 11.8. The minimum atomic E-state index is 0.611. The van der Waals surface area contributed by atoms with E-state index in [1.165, 1.54) is 21.7 Å². The fourth-order valence-corrected chi connectivity index (χ4v) is 8.88. The van der Waals surface area contributed by atoms with Gasteiger partial charge in [0.05, 0.1) is 33.8 Å². The molecule has 11 aromatic rings. The molecule has 0 spiro atoms. The van der Waals surface area contributed by atoms with Crippen LogP contribution in [-0.2, 0) is 0 Å². The smallest absolute Gasteiger partial charge is 0.235 e. The van der Waals surface area contributed by atoms with E-state index in [1.54, 1.807) is 0 Å². The molecule has 2 aromatic heterocycles. The van der Waals surface area contributed by atoms with Crippen molar-refractivity contribution in [3.05, 3.63) is 218 Å². The number of benzene rings is 9. The minimum Gasteiger partial charge on any atom is -0.453 e. The molecule has 61 heavy (non-hydrogen) atoms. The lowest BCUT2D eigenvalue weighted by Gasteiger charge is -2.33. The zero-order valence-electron chi connectivity index (χ0n) is 33.0. The second-order valence-electron chi connectivity index (χ2n) is 15.4. The molecule has 9 aromatic carbocycles. The van der Waals surface area contributed by atoms with Crippen LogP contribution in [-0.4, -0.2) is 14.5 Å². The normalized spacial score (nSPS) is 12.0. The van der Waals surface area contributed by atoms with Gasteiger partial charge in [-0.05, 0) is 87.6 Å². The van der Waals surface area contributed by atoms with Crippen LogP contribution in [0.25, 0.3) is 83.3 Å². The zero-order valence-corrected chi connectivity index (χ0v) is 33.0. The number of rotatable bonds is 6. The van der Waals surface area contributed by atoms with Crippen molar-refractivity contribution >= 4 is 49.6 Å². The molecule has 5 nitrogen and oxygen atoms in total. The van der Waals surface area contributed by atoms with E-state index >= 15 is 0 Å². The molecule has 0 unspecified atom stereocenters. The second-order valence-corrected chi connectivity index (χ2v) is 15.4. The third-order valence-corrected chi connectivity index (χ3v) is 11.8. The van der Waals surface area contributed by atoms with Gasteiger partial charge in [-0.25, -0.2) is 9.97 Å². The largest absolute Gasteiger partial charge is 0.453 e. The molecule has 0 aliphatic carbocycles. The molecule has 0 radical (unpaired) electrons. The molecule has 0 fully saturated rings. The monoisotopic (exact) mass is 780 g/mol. The summed E-state index contributed by atoms with van der Waals surface area (Å²) in [5.41, 5.74) is 13.4. The van der Waals surface area contributed by atoms with Crippen molar-refractivity contribution < 1.29 is 4.74 Å². The lowest BCUT2D eigenvalue weighted by atomic mass is 10.00. The molecule has 0 N–H and O–H groups in total. The van der Waals surface area contributed by atoms with E-state index in [1.807, 2.05) is 30.3 Å². The molecule has 1 aliphatic rings. The summed E-state index contributed by atoms with van der Waals surface area (Å²) >= 11 is 0. The summed E-state index contributed by atoms with van der Waals surface area (Å²) in [6.07, 6.45) is 0. The summed E-state index contributed by atoms with van der Waals surface area (Å²) in [7, 11) is 0. The minimum absolute atomic E-state index is 0.611. The molecular weight excluding hydrogens is 745 g/mol. The highest BCUT2D eigenvalue weighted by molar-refractivity contribution is 6.21. The summed E-state index contributed by atoms with van der Waals surface area (Å²) in [4.78, 5) is 13.0. The number of nitrogens with zero attached hydrogens (tertiary/aromatic N) is 4. The number of anilines is 3. The van der Waals surface area contributed by atoms with Gasteiger partial charge in [0.2, 0.25) is 5.95 Å². The van der Waals surface area contributed by atoms with Crippen molar-refractivity contribution in [2.45, 2.75) is 0 Å². The molecule has 286 valence electrons. The van der Waals surface area contributed by atoms with E-state index in [0.29, 0.717) is 5.95 Å². The van der Waals surface area contributed by atoms with Crippen molar-refractivity contribution in [1.82, 2.24) is 14.5 Å². The van der Waals surface area contributed by atoms with Gasteiger partial charge in [-0.15, -0.1) is 0 Å². The van der Waals surface area contributed by atoms with Crippen LogP contribution >= 0.6 is 0 Å². The van der Waals surface area contributed by atoms with E-state index < -0.39 is 0 Å². The molecule has 0 atom stereocenters. The first-order valence-corrected chi connectivity index (χ1v) is 20.6. The van der Waals surface area contributed by atoms with E-state index in [0.717, 1.165) is 84.2 Å². The molecule has 3 heterocycles. The van der Waals surface area contributed by atoms with Gasteiger partial charge in [0.25, 0.3) is 0 Å². The Morgan fingerprint density at radius 2 is 0.934 bits per heavy atom. The highest BCUT2D eigenvalue weighted by atomic mass is 16.5. The lowest BCUT2D eigenvalue weighted by molar-refractivity contribution is 0.477. The molecule has 0 amide bonds. The number of hydrogen-bond donors (Lipinski definition) is 0. The summed E-state index contributed by atoms with van der Waals surface area (Å²) in [6.45, 7) is 0. The van der Waals surface area contributed by atoms with Gasteiger partial charge >= 0.3 is 0 Å². The number of fused-ring (bicyclic) bond motifs is 7. The fraction of sp³-hybridized carbons (Fsp3) is 0. The lowest BCUT2D eigenvalue weighted by Crippen LogP contribution is -2.15. The Balaban J connectivity index is 1.06. The van der Waals surface area contributed by atoms with Crippen LogP contribution in [0.1, 0.15) is 0 Å². The molecular formula is C56H36N4O. The molecule has 1 aliphatic heterocycles. The predicted octanol–water partition coefficient (Wildman–Crippen LogP) is 15.0. The summed E-state index contributed by atoms with van der Waals surface area (Å²) in [6, 6.07) is 76.6. The first-order chi connectivity index (χ1) is 30.2. The van der Waals surface area contributed by atoms with Crippen molar-refractivity contribution in [3.8, 4) is 62.2 Å². The van der Waals surface area contributed by atoms with E-state index in [2.05, 4.69) is 198 Å². The van der Waals surface area contributed by atoms with Crippen LogP contribution < -0.4 is 9.64 Å². The Labute approximate surface area is 353 Å². The fourth-order valence-electron chi connectivity index (χ4n) is 8.88. The molecule has 0 saturated heterocycles. The van der Waals surface area contributed by atoms with E-state index in [9.17, 15) is 0 Å². The highest BCUT2D eigenvalue weighted by Crippen LogP contribution is 2.51. The van der Waals surface area contributed by atoms with Gasteiger partial charge in [-0.2, -0.15) is 0 Å². The van der Waals surface area contributed by atoms with Gasteiger partial charge in [0.15, 0.2) is 11.5 Å². The first kappa shape index (κ1) is 34.7. The van der Waals surface area contributed by atoms with E-state index in [-0.39, 0.29) is 0 Å². The van der Waals surface area contributed by atoms with Crippen LogP contribution in [0, 0.1) is 0 Å². The van der Waals surface area contributed by atoms with Gasteiger partial charge in [0, 0.05) is 27.6 Å². The topological polar surface area (TPSA) is 43.2 Å². The number of aromatic nitrogens is 3. The predicted molar refractivity (Wildman–Crippen MR) is 250 cm³/mol. The standard InChI is InChI=1S/C56H36N4O/c1-4-14-37(15-5-1)38-24-26-41(27-25-38)48-36-47(40-17-6-2-7-18-40)57-56(58-48)60-51-33-29-39-16-10-11-21-45(39)55(51)46-31-28-42(34-52(46)60)43-30-32-50-54(35-43)61-53-23-13-12-22-49(53)59(50)44-19-8-3-9-20-44/h1-36H. The average molecular weight is 781 g/mol. The second kappa shape index (κ2) is 14.2. The van der Waals surface area contributed by atoms with Crippen LogP contribution in [0.4, 0.5) is 17.1 Å². The van der Waals surface area contributed by atoms with Crippen LogP contribution in [0.2, 0.25) is 0 Å². The maximum atomic E-state index is 6.64. The maximum absolute atomic E-state index is 6.64.